The van der Waals surface area contributed by atoms with Gasteiger partial charge in [-0.15, -0.1) is 0 Å². The molecule has 64 valence electrons. The van der Waals surface area contributed by atoms with Crippen LogP contribution in [0.2, 0.25) is 0 Å². The van der Waals surface area contributed by atoms with E-state index in [1.165, 1.54) is 54.6 Å². The van der Waals surface area contributed by atoms with Gasteiger partial charge in [0.2, 0.25) is 0 Å². The van der Waals surface area contributed by atoms with Crippen LogP contribution in [0.15, 0.2) is 0 Å². The van der Waals surface area contributed by atoms with Crippen LogP contribution in [0.4, 0.5) is 0 Å². The Balaban J connectivity index is 2.37. The second-order valence-electron chi connectivity index (χ2n) is 3.79. The van der Waals surface area contributed by atoms with Crippen LogP contribution in [0.1, 0.15) is 46.0 Å². The quantitative estimate of drug-likeness (QED) is 0.690. The number of rotatable bonds is 2. The first-order valence-corrected chi connectivity index (χ1v) is 6.24. The van der Waals surface area contributed by atoms with Crippen molar-refractivity contribution >= 4 is 22.5 Å². The molecule has 0 atom stereocenters. The van der Waals surface area contributed by atoms with E-state index in [0.717, 1.165) is 0 Å². The number of hydrogen-bond acceptors (Lipinski definition) is 1. The summed E-state index contributed by atoms with van der Waals surface area (Å²) in [5.41, 5.74) is 0. The van der Waals surface area contributed by atoms with Gasteiger partial charge in [0.1, 0.15) is 0 Å². The normalized spacial score (nSPS) is 24.0. The standard InChI is InChI=1S/C9H17O.Sn.H/c1-8(2)10-9-6-4-3-5-7-9;;/h8H,3-7H2,1-2H3;;. The van der Waals surface area contributed by atoms with Crippen molar-refractivity contribution in [2.45, 2.75) is 55.7 Å². The molecule has 0 heterocycles. The molecule has 2 radical (unpaired) electrons. The van der Waals surface area contributed by atoms with E-state index >= 15 is 0 Å². The van der Waals surface area contributed by atoms with Crippen LogP contribution in [0.3, 0.4) is 0 Å². The molecule has 0 N–H and O–H groups in total. The van der Waals surface area contributed by atoms with Crippen molar-refractivity contribution in [1.82, 2.24) is 0 Å². The van der Waals surface area contributed by atoms with Crippen LogP contribution in [-0.2, 0) is 4.74 Å². The fraction of sp³-hybridized carbons (Fsp3) is 1.00. The summed E-state index contributed by atoms with van der Waals surface area (Å²) in [5, 5.41) is 0. The monoisotopic (exact) mass is 262 g/mol. The number of ether oxygens (including phenoxy) is 1. The zero-order chi connectivity index (χ0) is 8.32. The third-order valence-corrected chi connectivity index (χ3v) is 4.21. The fourth-order valence-electron chi connectivity index (χ4n) is 1.74. The van der Waals surface area contributed by atoms with E-state index in [1.54, 1.807) is 0 Å². The zero-order valence-electron chi connectivity index (χ0n) is 7.60. The molecule has 0 aromatic heterocycles. The van der Waals surface area contributed by atoms with Gasteiger partial charge in [0.05, 0.1) is 0 Å². The van der Waals surface area contributed by atoms with Crippen LogP contribution in [-0.4, -0.2) is 32.2 Å². The second-order valence-corrected chi connectivity index (χ2v) is 6.80. The Morgan fingerprint density at radius 2 is 1.73 bits per heavy atom. The zero-order valence-corrected chi connectivity index (χ0v) is 10.9. The molecule has 0 amide bonds. The van der Waals surface area contributed by atoms with Gasteiger partial charge in [-0.1, -0.05) is 0 Å². The first-order chi connectivity index (χ1) is 5.12. The van der Waals surface area contributed by atoms with Crippen molar-refractivity contribution in [2.75, 3.05) is 0 Å². The summed E-state index contributed by atoms with van der Waals surface area (Å²) in [5.74, 6) is 0. The van der Waals surface area contributed by atoms with E-state index in [2.05, 4.69) is 13.8 Å². The van der Waals surface area contributed by atoms with Gasteiger partial charge in [-0.25, -0.2) is 0 Å². The number of hydrogen-bond donors (Lipinski definition) is 0. The van der Waals surface area contributed by atoms with Crippen LogP contribution >= 0.6 is 0 Å². The molecule has 1 saturated carbocycles. The van der Waals surface area contributed by atoms with Crippen LogP contribution in [0, 0.1) is 0 Å². The molecule has 2 heteroatoms. The van der Waals surface area contributed by atoms with Crippen LogP contribution < -0.4 is 0 Å². The van der Waals surface area contributed by atoms with E-state index in [0.29, 0.717) is 9.72 Å². The average Bonchev–Trinajstić information content (AvgIpc) is 1.85. The Bertz CT molecular complexity index is 117. The third-order valence-electron chi connectivity index (χ3n) is 2.17. The van der Waals surface area contributed by atoms with Gasteiger partial charge in [0.25, 0.3) is 0 Å². The molecular weight excluding hydrogens is 243 g/mol. The molecule has 0 aliphatic heterocycles. The maximum absolute atomic E-state index is 5.94. The first kappa shape index (κ1) is 9.84. The molecule has 0 saturated heterocycles. The molecular formula is C9H18OSn. The average molecular weight is 261 g/mol. The molecule has 0 unspecified atom stereocenters. The van der Waals surface area contributed by atoms with Crippen molar-refractivity contribution < 1.29 is 4.74 Å². The maximum atomic E-state index is 5.94. The minimum atomic E-state index is 0.331. The Morgan fingerprint density at radius 1 is 1.18 bits per heavy atom. The van der Waals surface area contributed by atoms with E-state index in [9.17, 15) is 0 Å². The molecule has 1 fully saturated rings. The summed E-state index contributed by atoms with van der Waals surface area (Å²) >= 11 is 1.27. The summed E-state index contributed by atoms with van der Waals surface area (Å²) < 4.78 is 6.27. The summed E-state index contributed by atoms with van der Waals surface area (Å²) in [6, 6.07) is 0. The molecule has 0 aromatic rings. The summed E-state index contributed by atoms with van der Waals surface area (Å²) in [6.45, 7) is 4.29. The molecule has 1 aliphatic carbocycles. The predicted octanol–water partition coefficient (Wildman–Crippen LogP) is 1.97. The van der Waals surface area contributed by atoms with Gasteiger partial charge in [-0.3, -0.25) is 0 Å². The fourth-order valence-corrected chi connectivity index (χ4v) is 3.68. The summed E-state index contributed by atoms with van der Waals surface area (Å²) in [4.78, 5) is 0. The van der Waals surface area contributed by atoms with E-state index in [-0.39, 0.29) is 0 Å². The summed E-state index contributed by atoms with van der Waals surface area (Å²) in [6.07, 6.45) is 7.23. The van der Waals surface area contributed by atoms with E-state index in [4.69, 9.17) is 4.74 Å². The summed E-state index contributed by atoms with van der Waals surface area (Å²) in [7, 11) is 0. The Hall–Kier alpha value is 0.759. The Morgan fingerprint density at radius 3 is 2.18 bits per heavy atom. The van der Waals surface area contributed by atoms with Gasteiger partial charge >= 0.3 is 82.9 Å². The Kier molecular flexibility index (Phi) is 3.69. The minimum absolute atomic E-state index is 0.331. The van der Waals surface area contributed by atoms with Crippen molar-refractivity contribution in [3.8, 4) is 0 Å². The molecule has 0 bridgehead atoms. The van der Waals surface area contributed by atoms with Gasteiger partial charge in [0.15, 0.2) is 0 Å². The topological polar surface area (TPSA) is 9.23 Å². The first-order valence-electron chi connectivity index (χ1n) is 4.59. The molecule has 0 spiro atoms. The SMILES string of the molecule is CC(C)O[C]1([SnH])CCCCC1. The third kappa shape index (κ3) is 3.32. The molecule has 1 nitrogen and oxygen atoms in total. The van der Waals surface area contributed by atoms with Crippen molar-refractivity contribution in [1.29, 1.82) is 0 Å². The van der Waals surface area contributed by atoms with Gasteiger partial charge < -0.3 is 0 Å². The van der Waals surface area contributed by atoms with E-state index < -0.39 is 0 Å². The molecule has 1 rings (SSSR count). The van der Waals surface area contributed by atoms with Crippen molar-refractivity contribution in [2.24, 2.45) is 0 Å². The molecule has 11 heavy (non-hydrogen) atoms. The molecule has 0 aromatic carbocycles. The van der Waals surface area contributed by atoms with E-state index in [1.807, 2.05) is 0 Å². The predicted molar refractivity (Wildman–Crippen MR) is 49.2 cm³/mol. The van der Waals surface area contributed by atoms with Gasteiger partial charge in [-0.05, 0) is 0 Å². The molecule has 1 aliphatic rings. The van der Waals surface area contributed by atoms with Crippen LogP contribution in [0.5, 0.6) is 0 Å². The van der Waals surface area contributed by atoms with Crippen LogP contribution in [0.25, 0.3) is 0 Å². The van der Waals surface area contributed by atoms with Gasteiger partial charge in [0, 0.05) is 0 Å². The second kappa shape index (κ2) is 4.13. The van der Waals surface area contributed by atoms with Crippen molar-refractivity contribution in [3.05, 3.63) is 0 Å². The van der Waals surface area contributed by atoms with Gasteiger partial charge in [-0.2, -0.15) is 0 Å². The van der Waals surface area contributed by atoms with Crippen molar-refractivity contribution in [3.63, 3.8) is 0 Å². The Labute approximate surface area is 83.0 Å².